The molecule has 104 valence electrons. The number of nitrogens with zero attached hydrogens (tertiary/aromatic N) is 1. The highest BCUT2D eigenvalue weighted by Crippen LogP contribution is 2.27. The van der Waals surface area contributed by atoms with E-state index in [1.54, 1.807) is 0 Å². The summed E-state index contributed by atoms with van der Waals surface area (Å²) < 4.78 is 0. The number of hydrogen-bond donors (Lipinski definition) is 2. The molecular weight excluding hydrogens is 270 g/mol. The normalized spacial score (nSPS) is 10.5. The van der Waals surface area contributed by atoms with Crippen LogP contribution in [0, 0.1) is 10.1 Å². The topological polar surface area (TPSA) is 84.3 Å². The first-order chi connectivity index (χ1) is 8.90. The zero-order chi connectivity index (χ0) is 14.4. The van der Waals surface area contributed by atoms with Gasteiger partial charge in [0.2, 0.25) is 5.91 Å². The number of rotatable bonds is 6. The van der Waals surface area contributed by atoms with Crippen LogP contribution in [0.5, 0.6) is 0 Å². The minimum Gasteiger partial charge on any atom is -0.320 e. The number of nitro groups is 1. The van der Waals surface area contributed by atoms with E-state index >= 15 is 0 Å². The standard InChI is InChI=1S/C12H16ClN3O3/c1-8(2)14-6-5-12(17)15-10-4-3-9(13)7-11(10)16(18)19/h3-4,7-8,14H,5-6H2,1-2H3,(H,15,17). The second kappa shape index (κ2) is 7.06. The van der Waals surface area contributed by atoms with Gasteiger partial charge in [0.1, 0.15) is 5.69 Å². The molecule has 2 N–H and O–H groups in total. The van der Waals surface area contributed by atoms with Crippen molar-refractivity contribution >= 4 is 28.9 Å². The number of amides is 1. The van der Waals surface area contributed by atoms with Crippen LogP contribution in [0.25, 0.3) is 0 Å². The zero-order valence-electron chi connectivity index (χ0n) is 10.8. The van der Waals surface area contributed by atoms with Crippen LogP contribution in [0.1, 0.15) is 20.3 Å². The lowest BCUT2D eigenvalue weighted by Gasteiger charge is -2.09. The first-order valence-corrected chi connectivity index (χ1v) is 6.25. The van der Waals surface area contributed by atoms with Crippen molar-refractivity contribution in [2.24, 2.45) is 0 Å². The van der Waals surface area contributed by atoms with Crippen molar-refractivity contribution < 1.29 is 9.72 Å². The van der Waals surface area contributed by atoms with Crippen molar-refractivity contribution in [3.63, 3.8) is 0 Å². The highest BCUT2D eigenvalue weighted by molar-refractivity contribution is 6.31. The van der Waals surface area contributed by atoms with Gasteiger partial charge in [-0.3, -0.25) is 14.9 Å². The quantitative estimate of drug-likeness (QED) is 0.621. The molecule has 0 radical (unpaired) electrons. The van der Waals surface area contributed by atoms with Crippen LogP contribution in [-0.2, 0) is 4.79 Å². The van der Waals surface area contributed by atoms with Crippen LogP contribution < -0.4 is 10.6 Å². The van der Waals surface area contributed by atoms with Crippen LogP contribution in [0.4, 0.5) is 11.4 Å². The number of halogens is 1. The smallest absolute Gasteiger partial charge is 0.294 e. The molecule has 19 heavy (non-hydrogen) atoms. The van der Waals surface area contributed by atoms with E-state index in [0.717, 1.165) is 0 Å². The van der Waals surface area contributed by atoms with Crippen molar-refractivity contribution in [1.82, 2.24) is 5.32 Å². The van der Waals surface area contributed by atoms with E-state index < -0.39 is 4.92 Å². The molecule has 0 saturated carbocycles. The average Bonchev–Trinajstić information content (AvgIpc) is 2.30. The Kier molecular flexibility index (Phi) is 5.72. The van der Waals surface area contributed by atoms with Gasteiger partial charge in [-0.1, -0.05) is 25.4 Å². The summed E-state index contributed by atoms with van der Waals surface area (Å²) in [6, 6.07) is 4.42. The monoisotopic (exact) mass is 285 g/mol. The van der Waals surface area contributed by atoms with Crippen molar-refractivity contribution in [2.75, 3.05) is 11.9 Å². The highest BCUT2D eigenvalue weighted by atomic mass is 35.5. The molecule has 1 rings (SSSR count). The molecule has 0 aromatic heterocycles. The minimum atomic E-state index is -0.576. The summed E-state index contributed by atoms with van der Waals surface area (Å²) in [5.74, 6) is -0.279. The summed E-state index contributed by atoms with van der Waals surface area (Å²) in [5.41, 5.74) is -0.0541. The molecule has 0 atom stereocenters. The van der Waals surface area contributed by atoms with Gasteiger partial charge < -0.3 is 10.6 Å². The Balaban J connectivity index is 2.66. The third kappa shape index (κ3) is 5.23. The predicted octanol–water partition coefficient (Wildman–Crippen LogP) is 2.57. The lowest BCUT2D eigenvalue weighted by Crippen LogP contribution is -2.27. The number of anilines is 1. The number of nitrogens with one attached hydrogen (secondary N) is 2. The molecule has 1 aromatic carbocycles. The number of carbonyl (C=O) groups is 1. The van der Waals surface area contributed by atoms with E-state index in [1.165, 1.54) is 18.2 Å². The van der Waals surface area contributed by atoms with Gasteiger partial charge in [-0.05, 0) is 12.1 Å². The first-order valence-electron chi connectivity index (χ1n) is 5.87. The predicted molar refractivity (Wildman–Crippen MR) is 74.5 cm³/mol. The molecular formula is C12H16ClN3O3. The molecule has 0 saturated heterocycles. The largest absolute Gasteiger partial charge is 0.320 e. The van der Waals surface area contributed by atoms with Crippen molar-refractivity contribution in [3.8, 4) is 0 Å². The van der Waals surface area contributed by atoms with Crippen molar-refractivity contribution in [1.29, 1.82) is 0 Å². The lowest BCUT2D eigenvalue weighted by molar-refractivity contribution is -0.383. The van der Waals surface area contributed by atoms with Gasteiger partial charge in [-0.2, -0.15) is 0 Å². The van der Waals surface area contributed by atoms with Crippen LogP contribution in [0.2, 0.25) is 5.02 Å². The molecule has 7 heteroatoms. The Morgan fingerprint density at radius 1 is 1.47 bits per heavy atom. The third-order valence-corrected chi connectivity index (χ3v) is 2.57. The Labute approximate surface area is 116 Å². The second-order valence-electron chi connectivity index (χ2n) is 4.33. The van der Waals surface area contributed by atoms with Gasteiger partial charge in [0.15, 0.2) is 0 Å². The molecule has 0 bridgehead atoms. The summed E-state index contributed by atoms with van der Waals surface area (Å²) >= 11 is 5.69. The number of benzene rings is 1. The Hall–Kier alpha value is -1.66. The maximum absolute atomic E-state index is 11.6. The molecule has 0 aliphatic rings. The Morgan fingerprint density at radius 3 is 2.74 bits per heavy atom. The first kappa shape index (κ1) is 15.4. The third-order valence-electron chi connectivity index (χ3n) is 2.34. The van der Waals surface area contributed by atoms with E-state index in [1.807, 2.05) is 13.8 Å². The molecule has 0 fully saturated rings. The highest BCUT2D eigenvalue weighted by Gasteiger charge is 2.16. The van der Waals surface area contributed by atoms with Gasteiger partial charge in [0.05, 0.1) is 4.92 Å². The van der Waals surface area contributed by atoms with Crippen LogP contribution in [0.15, 0.2) is 18.2 Å². The summed E-state index contributed by atoms with van der Waals surface area (Å²) in [7, 11) is 0. The van der Waals surface area contributed by atoms with Gasteiger partial charge in [0.25, 0.3) is 5.69 Å². The summed E-state index contributed by atoms with van der Waals surface area (Å²) in [6.07, 6.45) is 0.248. The second-order valence-corrected chi connectivity index (χ2v) is 4.76. The molecule has 0 unspecified atom stereocenters. The van der Waals surface area contributed by atoms with Crippen molar-refractivity contribution in [2.45, 2.75) is 26.3 Å². The molecule has 1 amide bonds. The Morgan fingerprint density at radius 2 is 2.16 bits per heavy atom. The molecule has 0 heterocycles. The van der Waals surface area contributed by atoms with Crippen molar-refractivity contribution in [3.05, 3.63) is 33.3 Å². The fraction of sp³-hybridized carbons (Fsp3) is 0.417. The number of carbonyl (C=O) groups excluding carboxylic acids is 1. The molecule has 0 spiro atoms. The summed E-state index contributed by atoms with van der Waals surface area (Å²) in [6.45, 7) is 4.47. The van der Waals surface area contributed by atoms with E-state index in [0.29, 0.717) is 6.54 Å². The van der Waals surface area contributed by atoms with E-state index in [2.05, 4.69) is 10.6 Å². The zero-order valence-corrected chi connectivity index (χ0v) is 11.5. The van der Waals surface area contributed by atoms with Gasteiger partial charge >= 0.3 is 0 Å². The fourth-order valence-electron chi connectivity index (χ4n) is 1.45. The van der Waals surface area contributed by atoms with E-state index in [9.17, 15) is 14.9 Å². The van der Waals surface area contributed by atoms with Gasteiger partial charge in [-0.25, -0.2) is 0 Å². The van der Waals surface area contributed by atoms with Gasteiger partial charge in [-0.15, -0.1) is 0 Å². The molecule has 1 aromatic rings. The maximum Gasteiger partial charge on any atom is 0.294 e. The van der Waals surface area contributed by atoms with Crippen LogP contribution >= 0.6 is 11.6 Å². The summed E-state index contributed by atoms with van der Waals surface area (Å²) in [4.78, 5) is 21.9. The van der Waals surface area contributed by atoms with E-state index in [-0.39, 0.29) is 34.8 Å². The Bertz CT molecular complexity index is 477. The summed E-state index contributed by atoms with van der Waals surface area (Å²) in [5, 5.41) is 16.7. The average molecular weight is 286 g/mol. The number of nitro benzene ring substituents is 1. The number of hydrogen-bond acceptors (Lipinski definition) is 4. The van der Waals surface area contributed by atoms with E-state index in [4.69, 9.17) is 11.6 Å². The molecule has 0 aliphatic carbocycles. The molecule has 0 aliphatic heterocycles. The maximum atomic E-state index is 11.6. The van der Waals surface area contributed by atoms with Crippen LogP contribution in [0.3, 0.4) is 0 Å². The SMILES string of the molecule is CC(C)NCCC(=O)Nc1ccc(Cl)cc1[N+](=O)[O-]. The lowest BCUT2D eigenvalue weighted by atomic mass is 10.2. The molecule has 6 nitrogen and oxygen atoms in total. The van der Waals surface area contributed by atoms with Crippen LogP contribution in [-0.4, -0.2) is 23.4 Å². The minimum absolute atomic E-state index is 0.156. The fourth-order valence-corrected chi connectivity index (χ4v) is 1.61. The van der Waals surface area contributed by atoms with Gasteiger partial charge in [0, 0.05) is 30.1 Å².